The monoisotopic (exact) mass is 255 g/mol. The summed E-state index contributed by atoms with van der Waals surface area (Å²) < 4.78 is 5.48. The van der Waals surface area contributed by atoms with Crippen LogP contribution < -0.4 is 5.32 Å². The van der Waals surface area contributed by atoms with Crippen molar-refractivity contribution in [3.63, 3.8) is 0 Å². The molecule has 2 atom stereocenters. The average Bonchev–Trinajstić information content (AvgIpc) is 2.32. The normalized spacial score (nSPS) is 14.6. The summed E-state index contributed by atoms with van der Waals surface area (Å²) in [5, 5.41) is 4.15. The number of rotatable bonds is 6. The quantitative estimate of drug-likeness (QED) is 0.843. The lowest BCUT2D eigenvalue weighted by Gasteiger charge is -2.25. The topological polar surface area (TPSA) is 21.3 Å². The SMILES string of the molecule is CCC(OC)C(Cc1ccc(C)cc1Cl)NC. The number of benzene rings is 1. The van der Waals surface area contributed by atoms with Crippen LogP contribution in [0.1, 0.15) is 24.5 Å². The number of ether oxygens (including phenoxy) is 1. The summed E-state index contributed by atoms with van der Waals surface area (Å²) in [6.45, 7) is 4.18. The Morgan fingerprint density at radius 1 is 1.41 bits per heavy atom. The van der Waals surface area contributed by atoms with Gasteiger partial charge in [-0.25, -0.2) is 0 Å². The molecular formula is C14H22ClNO. The van der Waals surface area contributed by atoms with Crippen LogP contribution in [-0.4, -0.2) is 26.3 Å². The Morgan fingerprint density at radius 2 is 2.12 bits per heavy atom. The molecule has 0 aliphatic rings. The van der Waals surface area contributed by atoms with E-state index in [1.807, 2.05) is 13.1 Å². The van der Waals surface area contributed by atoms with Gasteiger partial charge in [-0.1, -0.05) is 30.7 Å². The van der Waals surface area contributed by atoms with Crippen molar-refractivity contribution < 1.29 is 4.74 Å². The largest absolute Gasteiger partial charge is 0.380 e. The van der Waals surface area contributed by atoms with Crippen molar-refractivity contribution >= 4 is 11.6 Å². The first kappa shape index (κ1) is 14.5. The van der Waals surface area contributed by atoms with E-state index >= 15 is 0 Å². The summed E-state index contributed by atoms with van der Waals surface area (Å²) in [5.74, 6) is 0. The molecule has 17 heavy (non-hydrogen) atoms. The molecule has 1 aromatic rings. The Bertz CT molecular complexity index is 350. The number of methoxy groups -OCH3 is 1. The van der Waals surface area contributed by atoms with Crippen LogP contribution in [0.4, 0.5) is 0 Å². The predicted molar refractivity (Wildman–Crippen MR) is 73.8 cm³/mol. The van der Waals surface area contributed by atoms with Gasteiger partial charge in [0.15, 0.2) is 0 Å². The highest BCUT2D eigenvalue weighted by Gasteiger charge is 2.19. The van der Waals surface area contributed by atoms with Crippen LogP contribution >= 0.6 is 11.6 Å². The van der Waals surface area contributed by atoms with Gasteiger partial charge >= 0.3 is 0 Å². The smallest absolute Gasteiger partial charge is 0.0724 e. The Morgan fingerprint density at radius 3 is 2.59 bits per heavy atom. The van der Waals surface area contributed by atoms with E-state index in [1.54, 1.807) is 7.11 Å². The Kier molecular flexibility index (Phi) is 5.96. The zero-order valence-electron chi connectivity index (χ0n) is 11.1. The zero-order chi connectivity index (χ0) is 12.8. The lowest BCUT2D eigenvalue weighted by atomic mass is 9.99. The van der Waals surface area contributed by atoms with Crippen LogP contribution in [0.2, 0.25) is 5.02 Å². The molecule has 0 spiro atoms. The molecule has 0 heterocycles. The maximum atomic E-state index is 6.25. The second-order valence-corrected chi connectivity index (χ2v) is 4.78. The third-order valence-corrected chi connectivity index (χ3v) is 3.52. The maximum Gasteiger partial charge on any atom is 0.0724 e. The number of likely N-dealkylation sites (N-methyl/N-ethyl adjacent to an activating group) is 1. The molecule has 1 aromatic carbocycles. The van der Waals surface area contributed by atoms with E-state index in [9.17, 15) is 0 Å². The van der Waals surface area contributed by atoms with Gasteiger partial charge in [0.25, 0.3) is 0 Å². The Labute approximate surface area is 109 Å². The number of nitrogens with one attached hydrogen (secondary N) is 1. The molecule has 0 radical (unpaired) electrons. The summed E-state index contributed by atoms with van der Waals surface area (Å²) in [6.07, 6.45) is 2.10. The minimum absolute atomic E-state index is 0.220. The van der Waals surface area contributed by atoms with Gasteiger partial charge in [-0.2, -0.15) is 0 Å². The lowest BCUT2D eigenvalue weighted by Crippen LogP contribution is -2.40. The summed E-state index contributed by atoms with van der Waals surface area (Å²) in [7, 11) is 3.73. The van der Waals surface area contributed by atoms with Crippen molar-refractivity contribution in [3.8, 4) is 0 Å². The number of hydrogen-bond acceptors (Lipinski definition) is 2. The van der Waals surface area contributed by atoms with Crippen LogP contribution in [0, 0.1) is 6.92 Å². The highest BCUT2D eigenvalue weighted by Crippen LogP contribution is 2.20. The van der Waals surface area contributed by atoms with Gasteiger partial charge < -0.3 is 10.1 Å². The molecular weight excluding hydrogens is 234 g/mol. The number of hydrogen-bond donors (Lipinski definition) is 1. The summed E-state index contributed by atoms with van der Waals surface area (Å²) in [5.41, 5.74) is 2.37. The van der Waals surface area contributed by atoms with Gasteiger partial charge in [0.1, 0.15) is 0 Å². The van der Waals surface area contributed by atoms with Gasteiger partial charge in [-0.15, -0.1) is 0 Å². The van der Waals surface area contributed by atoms with Gasteiger partial charge in [0, 0.05) is 18.2 Å². The molecule has 1 N–H and O–H groups in total. The molecule has 0 amide bonds. The molecule has 3 heteroatoms. The van der Waals surface area contributed by atoms with Crippen LogP contribution in [0.5, 0.6) is 0 Å². The molecule has 0 saturated carbocycles. The van der Waals surface area contributed by atoms with Crippen molar-refractivity contribution in [3.05, 3.63) is 34.3 Å². The van der Waals surface area contributed by atoms with Crippen molar-refractivity contribution in [2.24, 2.45) is 0 Å². The van der Waals surface area contributed by atoms with Crippen LogP contribution in [0.3, 0.4) is 0 Å². The van der Waals surface area contributed by atoms with E-state index in [0.29, 0.717) is 6.04 Å². The third kappa shape index (κ3) is 3.98. The van der Waals surface area contributed by atoms with E-state index < -0.39 is 0 Å². The highest BCUT2D eigenvalue weighted by molar-refractivity contribution is 6.31. The van der Waals surface area contributed by atoms with Gasteiger partial charge in [0.2, 0.25) is 0 Å². The highest BCUT2D eigenvalue weighted by atomic mass is 35.5. The average molecular weight is 256 g/mol. The Balaban J connectivity index is 2.80. The molecule has 1 rings (SSSR count). The second kappa shape index (κ2) is 7.00. The maximum absolute atomic E-state index is 6.25. The van der Waals surface area contributed by atoms with E-state index in [1.165, 1.54) is 11.1 Å². The Hall–Kier alpha value is -0.570. The van der Waals surface area contributed by atoms with E-state index in [0.717, 1.165) is 17.9 Å². The zero-order valence-corrected chi connectivity index (χ0v) is 11.8. The third-order valence-electron chi connectivity index (χ3n) is 3.17. The minimum atomic E-state index is 0.220. The minimum Gasteiger partial charge on any atom is -0.380 e. The van der Waals surface area contributed by atoms with E-state index in [2.05, 4.69) is 31.3 Å². The number of aryl methyl sites for hydroxylation is 1. The first-order valence-corrected chi connectivity index (χ1v) is 6.45. The summed E-state index contributed by atoms with van der Waals surface area (Å²) >= 11 is 6.25. The summed E-state index contributed by atoms with van der Waals surface area (Å²) in [4.78, 5) is 0. The molecule has 0 fully saturated rings. The fourth-order valence-electron chi connectivity index (χ4n) is 2.09. The molecule has 2 unspecified atom stereocenters. The van der Waals surface area contributed by atoms with Crippen molar-refractivity contribution in [1.82, 2.24) is 5.32 Å². The van der Waals surface area contributed by atoms with Crippen LogP contribution in [0.15, 0.2) is 18.2 Å². The van der Waals surface area contributed by atoms with Gasteiger partial charge in [0.05, 0.1) is 6.10 Å². The number of halogens is 1. The van der Waals surface area contributed by atoms with E-state index in [4.69, 9.17) is 16.3 Å². The second-order valence-electron chi connectivity index (χ2n) is 4.38. The van der Waals surface area contributed by atoms with Crippen LogP contribution in [0.25, 0.3) is 0 Å². The summed E-state index contributed by atoms with van der Waals surface area (Å²) in [6, 6.07) is 6.51. The molecule has 96 valence electrons. The van der Waals surface area contributed by atoms with Gasteiger partial charge in [-0.05, 0) is 44.0 Å². The first-order valence-electron chi connectivity index (χ1n) is 6.07. The predicted octanol–water partition coefficient (Wildman–Crippen LogP) is 3.20. The van der Waals surface area contributed by atoms with Crippen LogP contribution in [-0.2, 0) is 11.2 Å². The van der Waals surface area contributed by atoms with Crippen molar-refractivity contribution in [1.29, 1.82) is 0 Å². The first-order chi connectivity index (χ1) is 8.12. The molecule has 0 aromatic heterocycles. The fraction of sp³-hybridized carbons (Fsp3) is 0.571. The molecule has 0 aliphatic heterocycles. The molecule has 0 aliphatic carbocycles. The molecule has 0 saturated heterocycles. The standard InChI is InChI=1S/C14H22ClNO/c1-5-14(17-4)13(16-3)9-11-7-6-10(2)8-12(11)15/h6-8,13-14,16H,5,9H2,1-4H3. The fourth-order valence-corrected chi connectivity index (χ4v) is 2.40. The molecule has 0 bridgehead atoms. The lowest BCUT2D eigenvalue weighted by molar-refractivity contribution is 0.0678. The molecule has 2 nitrogen and oxygen atoms in total. The van der Waals surface area contributed by atoms with Gasteiger partial charge in [-0.3, -0.25) is 0 Å². The van der Waals surface area contributed by atoms with Crippen molar-refractivity contribution in [2.45, 2.75) is 38.8 Å². The van der Waals surface area contributed by atoms with Crippen molar-refractivity contribution in [2.75, 3.05) is 14.2 Å². The van der Waals surface area contributed by atoms with E-state index in [-0.39, 0.29) is 6.10 Å².